The average Bonchev–Trinajstić information content (AvgIpc) is 1.64. The molecular weight excluding hydrogens is 201 g/mol. The summed E-state index contributed by atoms with van der Waals surface area (Å²) in [4.78, 5) is 2.30. The zero-order valence-electron chi connectivity index (χ0n) is 5.43. The topological polar surface area (TPSA) is 3.24 Å². The van der Waals surface area contributed by atoms with E-state index in [1.165, 1.54) is 17.4 Å². The zero-order valence-corrected chi connectivity index (χ0v) is 7.83. The smallest absolute Gasteiger partial charge is 0.0293 e. The van der Waals surface area contributed by atoms with Gasteiger partial charge < -0.3 is 4.90 Å². The van der Waals surface area contributed by atoms with Crippen molar-refractivity contribution in [2.45, 2.75) is 6.42 Å². The monoisotopic (exact) mass is 211 g/mol. The Kier molecular flexibility index (Phi) is 4.54. The van der Waals surface area contributed by atoms with Crippen LogP contribution in [0.3, 0.4) is 0 Å². The number of likely N-dealkylation sites (N-methyl/N-ethyl adjacent to an activating group) is 1. The van der Waals surface area contributed by atoms with Gasteiger partial charge in [0.15, 0.2) is 0 Å². The fraction of sp³-hybridized carbons (Fsp3) is 0.667. The molecule has 0 aromatic rings. The van der Waals surface area contributed by atoms with Crippen molar-refractivity contribution in [2.24, 2.45) is 0 Å². The van der Waals surface area contributed by atoms with Gasteiger partial charge in [-0.2, -0.15) is 0 Å². The Labute approximate surface area is 70.6 Å². The highest BCUT2D eigenvalue weighted by molar-refractivity contribution is 9.11. The number of hydrogen-bond acceptors (Lipinski definition) is 1. The van der Waals surface area contributed by atoms with Gasteiger partial charge in [0.05, 0.1) is 0 Å². The van der Waals surface area contributed by atoms with E-state index in [9.17, 15) is 0 Å². The summed E-state index contributed by atoms with van der Waals surface area (Å²) in [6.45, 7) is 2.29. The first kappa shape index (κ1) is 9.47. The van der Waals surface area contributed by atoms with E-state index >= 15 is 0 Å². The third kappa shape index (κ3) is 3.23. The molecule has 0 saturated carbocycles. The lowest BCUT2D eigenvalue weighted by molar-refractivity contribution is 0.363. The van der Waals surface area contributed by atoms with Gasteiger partial charge >= 0.3 is 0 Å². The Morgan fingerprint density at radius 1 is 1.67 bits per heavy atom. The third-order valence-corrected chi connectivity index (χ3v) is 1.87. The minimum atomic E-state index is 0. The van der Waals surface area contributed by atoms with Crippen molar-refractivity contribution in [1.82, 2.24) is 4.90 Å². The standard InChI is InChI=1S/C6H10BrN.ClH/c1-8-4-2-3-6(7)5-8;/h3H,2,4-5H2,1H3;1H. The molecule has 0 amide bonds. The van der Waals surface area contributed by atoms with Gasteiger partial charge in [0.1, 0.15) is 0 Å². The van der Waals surface area contributed by atoms with E-state index < -0.39 is 0 Å². The Hall–Kier alpha value is 0.470. The molecule has 0 saturated heterocycles. The van der Waals surface area contributed by atoms with Crippen LogP contribution >= 0.6 is 28.3 Å². The third-order valence-electron chi connectivity index (χ3n) is 1.30. The Morgan fingerprint density at radius 2 is 2.33 bits per heavy atom. The molecule has 54 valence electrons. The minimum Gasteiger partial charge on any atom is -0.301 e. The maximum absolute atomic E-state index is 3.45. The molecule has 0 spiro atoms. The van der Waals surface area contributed by atoms with Crippen molar-refractivity contribution in [2.75, 3.05) is 20.1 Å². The summed E-state index contributed by atoms with van der Waals surface area (Å²) in [5.74, 6) is 0. The second-order valence-electron chi connectivity index (χ2n) is 2.18. The first-order valence-electron chi connectivity index (χ1n) is 2.82. The minimum absolute atomic E-state index is 0. The second-order valence-corrected chi connectivity index (χ2v) is 3.20. The number of hydrogen-bond donors (Lipinski definition) is 0. The normalized spacial score (nSPS) is 20.4. The molecule has 0 N–H and O–H groups in total. The Morgan fingerprint density at radius 3 is 2.67 bits per heavy atom. The van der Waals surface area contributed by atoms with E-state index in [-0.39, 0.29) is 12.4 Å². The lowest BCUT2D eigenvalue weighted by atomic mass is 10.3. The molecule has 0 unspecified atom stereocenters. The van der Waals surface area contributed by atoms with Gasteiger partial charge in [-0.1, -0.05) is 22.0 Å². The predicted octanol–water partition coefficient (Wildman–Crippen LogP) is 2.02. The summed E-state index contributed by atoms with van der Waals surface area (Å²) < 4.78 is 1.33. The molecule has 1 rings (SSSR count). The van der Waals surface area contributed by atoms with Gasteiger partial charge in [-0.3, -0.25) is 0 Å². The second kappa shape index (κ2) is 4.31. The first-order chi connectivity index (χ1) is 3.79. The van der Waals surface area contributed by atoms with Crippen LogP contribution in [-0.4, -0.2) is 25.0 Å². The zero-order chi connectivity index (χ0) is 5.98. The maximum atomic E-state index is 3.45. The van der Waals surface area contributed by atoms with Crippen LogP contribution < -0.4 is 0 Å². The predicted molar refractivity (Wildman–Crippen MR) is 46.4 cm³/mol. The molecule has 1 nitrogen and oxygen atoms in total. The van der Waals surface area contributed by atoms with Crippen molar-refractivity contribution in [3.63, 3.8) is 0 Å². The fourth-order valence-corrected chi connectivity index (χ4v) is 1.50. The lowest BCUT2D eigenvalue weighted by Crippen LogP contribution is -2.23. The van der Waals surface area contributed by atoms with Gasteiger partial charge in [0, 0.05) is 17.6 Å². The van der Waals surface area contributed by atoms with Crippen LogP contribution in [0.25, 0.3) is 0 Å². The van der Waals surface area contributed by atoms with Crippen LogP contribution in [-0.2, 0) is 0 Å². The molecule has 0 aromatic heterocycles. The SMILES string of the molecule is CN1CCC=C(Br)C1.Cl. The highest BCUT2D eigenvalue weighted by Crippen LogP contribution is 2.12. The van der Waals surface area contributed by atoms with Crippen molar-refractivity contribution in [3.05, 3.63) is 10.6 Å². The molecule has 1 aliphatic heterocycles. The van der Waals surface area contributed by atoms with E-state index in [4.69, 9.17) is 0 Å². The summed E-state index contributed by atoms with van der Waals surface area (Å²) in [6, 6.07) is 0. The summed E-state index contributed by atoms with van der Waals surface area (Å²) >= 11 is 3.45. The molecule has 0 atom stereocenters. The van der Waals surface area contributed by atoms with Crippen LogP contribution in [0.2, 0.25) is 0 Å². The average molecular weight is 213 g/mol. The molecule has 0 fully saturated rings. The van der Waals surface area contributed by atoms with E-state index in [1.54, 1.807) is 0 Å². The van der Waals surface area contributed by atoms with E-state index in [0.717, 1.165) is 6.54 Å². The maximum Gasteiger partial charge on any atom is 0.0293 e. The van der Waals surface area contributed by atoms with Crippen molar-refractivity contribution < 1.29 is 0 Å². The van der Waals surface area contributed by atoms with Gasteiger partial charge in [-0.25, -0.2) is 0 Å². The largest absolute Gasteiger partial charge is 0.301 e. The molecule has 0 radical (unpaired) electrons. The van der Waals surface area contributed by atoms with Gasteiger partial charge in [0.25, 0.3) is 0 Å². The van der Waals surface area contributed by atoms with Crippen LogP contribution in [0.1, 0.15) is 6.42 Å². The molecule has 0 bridgehead atoms. The number of halogens is 2. The first-order valence-corrected chi connectivity index (χ1v) is 3.61. The molecule has 9 heavy (non-hydrogen) atoms. The van der Waals surface area contributed by atoms with Crippen LogP contribution in [0.15, 0.2) is 10.6 Å². The van der Waals surface area contributed by atoms with Crippen LogP contribution in [0, 0.1) is 0 Å². The summed E-state index contributed by atoms with van der Waals surface area (Å²) in [5, 5.41) is 0. The molecule has 0 aromatic carbocycles. The highest BCUT2D eigenvalue weighted by atomic mass is 79.9. The van der Waals surface area contributed by atoms with Crippen LogP contribution in [0.4, 0.5) is 0 Å². The van der Waals surface area contributed by atoms with E-state index in [1.807, 2.05) is 0 Å². The number of rotatable bonds is 0. The summed E-state index contributed by atoms with van der Waals surface area (Å²) in [5.41, 5.74) is 0. The van der Waals surface area contributed by atoms with Crippen molar-refractivity contribution >= 4 is 28.3 Å². The van der Waals surface area contributed by atoms with E-state index in [2.05, 4.69) is 34.0 Å². The van der Waals surface area contributed by atoms with Crippen LogP contribution in [0.5, 0.6) is 0 Å². The quantitative estimate of drug-likeness (QED) is 0.594. The van der Waals surface area contributed by atoms with Gasteiger partial charge in [-0.05, 0) is 13.5 Å². The van der Waals surface area contributed by atoms with Gasteiger partial charge in [-0.15, -0.1) is 12.4 Å². The number of nitrogens with zero attached hydrogens (tertiary/aromatic N) is 1. The molecule has 1 aliphatic rings. The lowest BCUT2D eigenvalue weighted by Gasteiger charge is -2.19. The fourth-order valence-electron chi connectivity index (χ4n) is 0.843. The Balaban J connectivity index is 0.000000640. The molecular formula is C6H11BrClN. The van der Waals surface area contributed by atoms with Crippen molar-refractivity contribution in [3.8, 4) is 0 Å². The molecule has 1 heterocycles. The Bertz CT molecular complexity index is 114. The van der Waals surface area contributed by atoms with E-state index in [0.29, 0.717) is 0 Å². The summed E-state index contributed by atoms with van der Waals surface area (Å²) in [7, 11) is 2.13. The van der Waals surface area contributed by atoms with Gasteiger partial charge in [0.2, 0.25) is 0 Å². The molecule has 3 heteroatoms. The van der Waals surface area contributed by atoms with Crippen molar-refractivity contribution in [1.29, 1.82) is 0 Å². The molecule has 0 aliphatic carbocycles. The highest BCUT2D eigenvalue weighted by Gasteiger charge is 2.03. The summed E-state index contributed by atoms with van der Waals surface area (Å²) in [6.07, 6.45) is 3.43.